The Kier molecular flexibility index (Phi) is 2.16. The lowest BCUT2D eigenvalue weighted by Crippen LogP contribution is -2.33. The first-order valence-electron chi connectivity index (χ1n) is 4.05. The van der Waals surface area contributed by atoms with Gasteiger partial charge in [0.15, 0.2) is 11.6 Å². The molecule has 0 aliphatic heterocycles. The van der Waals surface area contributed by atoms with Crippen molar-refractivity contribution in [1.29, 1.82) is 0 Å². The highest BCUT2D eigenvalue weighted by atomic mass is 19.2. The van der Waals surface area contributed by atoms with Crippen LogP contribution in [0.2, 0.25) is 0 Å². The Morgan fingerprint density at radius 3 is 2.60 bits per heavy atom. The van der Waals surface area contributed by atoms with Gasteiger partial charge < -0.3 is 10.0 Å². The standard InChI is InChI=1S/C7H6BF2N3O2/c1-13-7-4(11-12-13)2-3(8(14)15)5(9)6(7)10/h2,14-15H,1H3. The lowest BCUT2D eigenvalue weighted by Gasteiger charge is -2.03. The molecule has 1 heterocycles. The van der Waals surface area contributed by atoms with Gasteiger partial charge in [0.25, 0.3) is 0 Å². The smallest absolute Gasteiger partial charge is 0.423 e. The highest BCUT2D eigenvalue weighted by Gasteiger charge is 2.24. The maximum absolute atomic E-state index is 13.4. The lowest BCUT2D eigenvalue weighted by atomic mass is 9.79. The molecule has 15 heavy (non-hydrogen) atoms. The molecule has 0 fully saturated rings. The van der Waals surface area contributed by atoms with Crippen molar-refractivity contribution in [2.75, 3.05) is 0 Å². The molecule has 2 rings (SSSR count). The average molecular weight is 213 g/mol. The second-order valence-electron chi connectivity index (χ2n) is 3.05. The minimum absolute atomic E-state index is 0.0690. The van der Waals surface area contributed by atoms with Gasteiger partial charge in [-0.25, -0.2) is 13.5 Å². The molecule has 0 atom stereocenters. The summed E-state index contributed by atoms with van der Waals surface area (Å²) in [6, 6.07) is 1.05. The molecule has 1 aromatic carbocycles. The first-order chi connectivity index (χ1) is 7.02. The topological polar surface area (TPSA) is 71.2 Å². The molecule has 0 saturated heterocycles. The maximum Gasteiger partial charge on any atom is 0.491 e. The average Bonchev–Trinajstić information content (AvgIpc) is 2.53. The van der Waals surface area contributed by atoms with Gasteiger partial charge in [-0.1, -0.05) is 5.21 Å². The summed E-state index contributed by atoms with van der Waals surface area (Å²) in [6.45, 7) is 0. The Bertz CT molecular complexity index is 528. The Morgan fingerprint density at radius 2 is 2.00 bits per heavy atom. The van der Waals surface area contributed by atoms with Crippen molar-refractivity contribution in [1.82, 2.24) is 15.0 Å². The zero-order chi connectivity index (χ0) is 11.2. The minimum Gasteiger partial charge on any atom is -0.423 e. The van der Waals surface area contributed by atoms with Crippen LogP contribution in [0.5, 0.6) is 0 Å². The number of aryl methyl sites for hydroxylation is 1. The molecular formula is C7H6BF2N3O2. The fraction of sp³-hybridized carbons (Fsp3) is 0.143. The lowest BCUT2D eigenvalue weighted by molar-refractivity contribution is 0.420. The molecular weight excluding hydrogens is 207 g/mol. The number of fused-ring (bicyclic) bond motifs is 1. The van der Waals surface area contributed by atoms with Crippen molar-refractivity contribution in [2.24, 2.45) is 7.05 Å². The van der Waals surface area contributed by atoms with E-state index in [0.717, 1.165) is 10.7 Å². The highest BCUT2D eigenvalue weighted by Crippen LogP contribution is 2.16. The number of hydrogen-bond donors (Lipinski definition) is 2. The van der Waals surface area contributed by atoms with E-state index in [-0.39, 0.29) is 11.0 Å². The first kappa shape index (κ1) is 10.00. The molecule has 78 valence electrons. The van der Waals surface area contributed by atoms with Gasteiger partial charge in [0, 0.05) is 12.5 Å². The first-order valence-corrected chi connectivity index (χ1v) is 4.05. The van der Waals surface area contributed by atoms with E-state index >= 15 is 0 Å². The summed E-state index contributed by atoms with van der Waals surface area (Å²) in [7, 11) is -0.668. The summed E-state index contributed by atoms with van der Waals surface area (Å²) in [5, 5.41) is 24.6. The van der Waals surface area contributed by atoms with Crippen LogP contribution in [-0.2, 0) is 7.05 Å². The Morgan fingerprint density at radius 1 is 1.33 bits per heavy atom. The quantitative estimate of drug-likeness (QED) is 0.591. The van der Waals surface area contributed by atoms with Crippen LogP contribution in [0.15, 0.2) is 6.07 Å². The molecule has 8 heteroatoms. The molecule has 0 amide bonds. The second-order valence-corrected chi connectivity index (χ2v) is 3.05. The molecule has 0 bridgehead atoms. The van der Waals surface area contributed by atoms with Gasteiger partial charge in [-0.2, -0.15) is 0 Å². The van der Waals surface area contributed by atoms with Crippen molar-refractivity contribution in [3.8, 4) is 0 Å². The van der Waals surface area contributed by atoms with Gasteiger partial charge in [-0.3, -0.25) is 0 Å². The third-order valence-corrected chi connectivity index (χ3v) is 2.08. The van der Waals surface area contributed by atoms with Crippen LogP contribution in [0.3, 0.4) is 0 Å². The fourth-order valence-electron chi connectivity index (χ4n) is 1.35. The molecule has 1 aromatic heterocycles. The van der Waals surface area contributed by atoms with E-state index in [0.29, 0.717) is 0 Å². The number of benzene rings is 1. The fourth-order valence-corrected chi connectivity index (χ4v) is 1.35. The Hall–Kier alpha value is -1.54. The molecule has 0 aliphatic carbocycles. The summed E-state index contributed by atoms with van der Waals surface area (Å²) in [4.78, 5) is 0. The van der Waals surface area contributed by atoms with E-state index < -0.39 is 24.2 Å². The number of hydrogen-bond acceptors (Lipinski definition) is 4. The third kappa shape index (κ3) is 1.38. The molecule has 0 radical (unpaired) electrons. The van der Waals surface area contributed by atoms with E-state index in [1.54, 1.807) is 0 Å². The van der Waals surface area contributed by atoms with E-state index in [1.807, 2.05) is 0 Å². The summed E-state index contributed by atoms with van der Waals surface area (Å²) in [5.74, 6) is -2.49. The second kappa shape index (κ2) is 3.25. The van der Waals surface area contributed by atoms with E-state index in [9.17, 15) is 8.78 Å². The van der Waals surface area contributed by atoms with Crippen LogP contribution in [0, 0.1) is 11.6 Å². The molecule has 0 saturated carbocycles. The third-order valence-electron chi connectivity index (χ3n) is 2.08. The van der Waals surface area contributed by atoms with Gasteiger partial charge in [-0.15, -0.1) is 5.10 Å². The summed E-state index contributed by atoms with van der Waals surface area (Å²) in [5.41, 5.74) is -0.600. The van der Waals surface area contributed by atoms with Gasteiger partial charge in [0.2, 0.25) is 0 Å². The summed E-state index contributed by atoms with van der Waals surface area (Å²) >= 11 is 0. The monoisotopic (exact) mass is 213 g/mol. The number of nitrogens with zero attached hydrogens (tertiary/aromatic N) is 3. The van der Waals surface area contributed by atoms with Crippen LogP contribution in [0.25, 0.3) is 11.0 Å². The van der Waals surface area contributed by atoms with Crippen LogP contribution >= 0.6 is 0 Å². The normalized spacial score (nSPS) is 11.0. The van der Waals surface area contributed by atoms with Gasteiger partial charge in [0.1, 0.15) is 11.0 Å². The Labute approximate surface area is 83.1 Å². The van der Waals surface area contributed by atoms with Crippen molar-refractivity contribution < 1.29 is 18.8 Å². The molecule has 0 unspecified atom stereocenters. The van der Waals surface area contributed by atoms with Crippen LogP contribution in [0.4, 0.5) is 8.78 Å². The van der Waals surface area contributed by atoms with Crippen LogP contribution in [0.1, 0.15) is 0 Å². The minimum atomic E-state index is -2.08. The SMILES string of the molecule is Cn1nnc2cc(B(O)O)c(F)c(F)c21. The van der Waals surface area contributed by atoms with Crippen LogP contribution in [-0.4, -0.2) is 32.2 Å². The zero-order valence-electron chi connectivity index (χ0n) is 7.65. The van der Waals surface area contributed by atoms with Gasteiger partial charge in [0.05, 0.1) is 0 Å². The molecule has 0 spiro atoms. The summed E-state index contributed by atoms with van der Waals surface area (Å²) < 4.78 is 27.8. The zero-order valence-corrected chi connectivity index (χ0v) is 7.65. The van der Waals surface area contributed by atoms with Crippen molar-refractivity contribution in [3.63, 3.8) is 0 Å². The van der Waals surface area contributed by atoms with E-state index in [4.69, 9.17) is 10.0 Å². The van der Waals surface area contributed by atoms with Crippen molar-refractivity contribution >= 4 is 23.6 Å². The maximum atomic E-state index is 13.4. The largest absolute Gasteiger partial charge is 0.491 e. The summed E-state index contributed by atoms with van der Waals surface area (Å²) in [6.07, 6.45) is 0. The predicted octanol–water partition coefficient (Wildman–Crippen LogP) is -1.07. The molecule has 2 N–H and O–H groups in total. The Balaban J connectivity index is 2.84. The number of halogens is 2. The number of rotatable bonds is 1. The van der Waals surface area contributed by atoms with Gasteiger partial charge in [-0.05, 0) is 6.07 Å². The van der Waals surface area contributed by atoms with Crippen LogP contribution < -0.4 is 5.46 Å². The van der Waals surface area contributed by atoms with Crippen molar-refractivity contribution in [2.45, 2.75) is 0 Å². The molecule has 5 nitrogen and oxygen atoms in total. The van der Waals surface area contributed by atoms with E-state index in [1.165, 1.54) is 7.05 Å². The van der Waals surface area contributed by atoms with Crippen molar-refractivity contribution in [3.05, 3.63) is 17.7 Å². The van der Waals surface area contributed by atoms with Gasteiger partial charge >= 0.3 is 7.12 Å². The number of aromatic nitrogens is 3. The highest BCUT2D eigenvalue weighted by molar-refractivity contribution is 6.59. The molecule has 0 aliphatic rings. The predicted molar refractivity (Wildman–Crippen MR) is 48.3 cm³/mol. The molecule has 2 aromatic rings. The van der Waals surface area contributed by atoms with E-state index in [2.05, 4.69) is 10.3 Å².